The molecule has 3 N–H and O–H groups in total. The lowest BCUT2D eigenvalue weighted by atomic mass is 9.95. The van der Waals surface area contributed by atoms with Crippen molar-refractivity contribution in [3.05, 3.63) is 0 Å². The molecule has 0 aromatic heterocycles. The molecule has 0 bridgehead atoms. The lowest BCUT2D eigenvalue weighted by Gasteiger charge is -2.37. The van der Waals surface area contributed by atoms with E-state index in [1.165, 1.54) is 0 Å². The highest BCUT2D eigenvalue weighted by Crippen LogP contribution is 2.24. The van der Waals surface area contributed by atoms with Crippen molar-refractivity contribution in [2.24, 2.45) is 5.73 Å². The van der Waals surface area contributed by atoms with Crippen LogP contribution in [0.2, 0.25) is 0 Å². The SMILES string of the molecule is CCC1COCCN1CCC(C)(NC1CC1)C(N)=O. The van der Waals surface area contributed by atoms with Crippen LogP contribution in [0.4, 0.5) is 0 Å². The molecule has 0 radical (unpaired) electrons. The molecule has 2 unspecified atom stereocenters. The third-order valence-corrected chi connectivity index (χ3v) is 4.36. The van der Waals surface area contributed by atoms with Crippen LogP contribution in [0.25, 0.3) is 0 Å². The summed E-state index contributed by atoms with van der Waals surface area (Å²) in [5, 5.41) is 3.41. The van der Waals surface area contributed by atoms with Crippen molar-refractivity contribution in [1.29, 1.82) is 0 Å². The van der Waals surface area contributed by atoms with Crippen molar-refractivity contribution in [3.63, 3.8) is 0 Å². The Bertz CT molecular complexity index is 320. The number of hydrogen-bond acceptors (Lipinski definition) is 4. The van der Waals surface area contributed by atoms with Gasteiger partial charge in [0.2, 0.25) is 5.91 Å². The molecule has 19 heavy (non-hydrogen) atoms. The van der Waals surface area contributed by atoms with E-state index in [9.17, 15) is 4.79 Å². The first kappa shape index (κ1) is 14.8. The zero-order valence-corrected chi connectivity index (χ0v) is 12.2. The van der Waals surface area contributed by atoms with Crippen LogP contribution in [0, 0.1) is 0 Å². The Morgan fingerprint density at radius 3 is 2.84 bits per heavy atom. The molecule has 0 aromatic rings. The van der Waals surface area contributed by atoms with Gasteiger partial charge in [-0.1, -0.05) is 6.92 Å². The summed E-state index contributed by atoms with van der Waals surface area (Å²) >= 11 is 0. The van der Waals surface area contributed by atoms with Gasteiger partial charge in [0, 0.05) is 25.2 Å². The van der Waals surface area contributed by atoms with E-state index in [4.69, 9.17) is 10.5 Å². The minimum absolute atomic E-state index is 0.235. The van der Waals surface area contributed by atoms with Crippen molar-refractivity contribution in [3.8, 4) is 0 Å². The van der Waals surface area contributed by atoms with Crippen LogP contribution in [0.1, 0.15) is 39.5 Å². The van der Waals surface area contributed by atoms with Gasteiger partial charge in [0.15, 0.2) is 0 Å². The number of carbonyl (C=O) groups is 1. The maximum absolute atomic E-state index is 11.7. The topological polar surface area (TPSA) is 67.6 Å². The van der Waals surface area contributed by atoms with E-state index in [1.54, 1.807) is 0 Å². The van der Waals surface area contributed by atoms with Gasteiger partial charge in [-0.25, -0.2) is 0 Å². The van der Waals surface area contributed by atoms with Gasteiger partial charge < -0.3 is 15.8 Å². The van der Waals surface area contributed by atoms with Crippen LogP contribution in [-0.4, -0.2) is 54.7 Å². The van der Waals surface area contributed by atoms with E-state index in [1.807, 2.05) is 6.92 Å². The van der Waals surface area contributed by atoms with E-state index in [0.717, 1.165) is 52.0 Å². The highest BCUT2D eigenvalue weighted by atomic mass is 16.5. The van der Waals surface area contributed by atoms with Crippen LogP contribution in [0.15, 0.2) is 0 Å². The zero-order valence-electron chi connectivity index (χ0n) is 12.2. The van der Waals surface area contributed by atoms with Crippen LogP contribution in [0.5, 0.6) is 0 Å². The number of rotatable bonds is 7. The van der Waals surface area contributed by atoms with E-state index in [-0.39, 0.29) is 5.91 Å². The number of amides is 1. The second-order valence-electron chi connectivity index (χ2n) is 6.04. The minimum Gasteiger partial charge on any atom is -0.378 e. The molecule has 5 heteroatoms. The summed E-state index contributed by atoms with van der Waals surface area (Å²) in [7, 11) is 0. The summed E-state index contributed by atoms with van der Waals surface area (Å²) in [6, 6.07) is 0.968. The summed E-state index contributed by atoms with van der Waals surface area (Å²) in [4.78, 5) is 14.2. The van der Waals surface area contributed by atoms with Crippen LogP contribution in [0.3, 0.4) is 0 Å². The third-order valence-electron chi connectivity index (χ3n) is 4.36. The lowest BCUT2D eigenvalue weighted by molar-refractivity contribution is -0.124. The Balaban J connectivity index is 1.88. The smallest absolute Gasteiger partial charge is 0.237 e. The molecule has 2 rings (SSSR count). The van der Waals surface area contributed by atoms with E-state index in [0.29, 0.717) is 12.1 Å². The largest absolute Gasteiger partial charge is 0.378 e. The second kappa shape index (κ2) is 6.20. The Hall–Kier alpha value is -0.650. The van der Waals surface area contributed by atoms with Crippen LogP contribution < -0.4 is 11.1 Å². The number of primary amides is 1. The first-order valence-corrected chi connectivity index (χ1v) is 7.44. The summed E-state index contributed by atoms with van der Waals surface area (Å²) in [5.74, 6) is -0.235. The zero-order chi connectivity index (χ0) is 13.9. The van der Waals surface area contributed by atoms with Crippen LogP contribution >= 0.6 is 0 Å². The van der Waals surface area contributed by atoms with Gasteiger partial charge >= 0.3 is 0 Å². The molecule has 0 aromatic carbocycles. The number of hydrogen-bond donors (Lipinski definition) is 2. The van der Waals surface area contributed by atoms with Crippen molar-refractivity contribution in [2.45, 2.75) is 57.2 Å². The molecular formula is C14H27N3O2. The monoisotopic (exact) mass is 269 g/mol. The molecule has 1 heterocycles. The van der Waals surface area contributed by atoms with Gasteiger partial charge in [0.1, 0.15) is 0 Å². The summed E-state index contributed by atoms with van der Waals surface area (Å²) in [5.41, 5.74) is 5.01. The predicted octanol–water partition coefficient (Wildman–Crippen LogP) is 0.483. The molecule has 2 aliphatic rings. The number of nitrogens with zero attached hydrogens (tertiary/aromatic N) is 1. The van der Waals surface area contributed by atoms with Gasteiger partial charge in [-0.05, 0) is 32.6 Å². The quantitative estimate of drug-likeness (QED) is 0.705. The molecule has 1 saturated heterocycles. The summed E-state index contributed by atoms with van der Waals surface area (Å²) in [6.45, 7) is 7.58. The normalized spacial score (nSPS) is 28.0. The first-order valence-electron chi connectivity index (χ1n) is 7.44. The minimum atomic E-state index is -0.572. The molecule has 2 atom stereocenters. The first-order chi connectivity index (χ1) is 9.05. The fourth-order valence-electron chi connectivity index (χ4n) is 2.67. The summed E-state index contributed by atoms with van der Waals surface area (Å²) < 4.78 is 5.51. The molecule has 110 valence electrons. The fourth-order valence-corrected chi connectivity index (χ4v) is 2.67. The Labute approximate surface area is 115 Å². The van der Waals surface area contributed by atoms with Crippen molar-refractivity contribution >= 4 is 5.91 Å². The number of ether oxygens (including phenoxy) is 1. The Kier molecular flexibility index (Phi) is 4.81. The third kappa shape index (κ3) is 3.91. The molecule has 1 amide bonds. The van der Waals surface area contributed by atoms with Crippen molar-refractivity contribution < 1.29 is 9.53 Å². The van der Waals surface area contributed by atoms with Gasteiger partial charge in [-0.15, -0.1) is 0 Å². The molecule has 1 aliphatic carbocycles. The highest BCUT2D eigenvalue weighted by molar-refractivity contribution is 5.84. The van der Waals surface area contributed by atoms with E-state index < -0.39 is 5.54 Å². The number of nitrogens with one attached hydrogen (secondary N) is 1. The molecule has 0 spiro atoms. The highest BCUT2D eigenvalue weighted by Gasteiger charge is 2.37. The molecule has 5 nitrogen and oxygen atoms in total. The average molecular weight is 269 g/mol. The second-order valence-corrected chi connectivity index (χ2v) is 6.04. The Morgan fingerprint density at radius 1 is 1.53 bits per heavy atom. The Morgan fingerprint density at radius 2 is 2.26 bits per heavy atom. The van der Waals surface area contributed by atoms with E-state index >= 15 is 0 Å². The number of nitrogens with two attached hydrogens (primary N) is 1. The van der Waals surface area contributed by atoms with Crippen molar-refractivity contribution in [1.82, 2.24) is 10.2 Å². The maximum atomic E-state index is 11.7. The maximum Gasteiger partial charge on any atom is 0.237 e. The molecule has 1 aliphatic heterocycles. The average Bonchev–Trinajstić information content (AvgIpc) is 3.20. The molecular weight excluding hydrogens is 242 g/mol. The number of carbonyl (C=O) groups excluding carboxylic acids is 1. The fraction of sp³-hybridized carbons (Fsp3) is 0.929. The van der Waals surface area contributed by atoms with Gasteiger partial charge in [0.25, 0.3) is 0 Å². The van der Waals surface area contributed by atoms with Gasteiger partial charge in [0.05, 0.1) is 18.8 Å². The lowest BCUT2D eigenvalue weighted by Crippen LogP contribution is -2.56. The van der Waals surface area contributed by atoms with Gasteiger partial charge in [-0.2, -0.15) is 0 Å². The molecule has 1 saturated carbocycles. The van der Waals surface area contributed by atoms with E-state index in [2.05, 4.69) is 17.1 Å². The molecule has 2 fully saturated rings. The predicted molar refractivity (Wildman–Crippen MR) is 74.8 cm³/mol. The standard InChI is InChI=1S/C14H27N3O2/c1-3-12-10-19-9-8-17(12)7-6-14(2,13(15)18)16-11-4-5-11/h11-12,16H,3-10H2,1-2H3,(H2,15,18). The van der Waals surface area contributed by atoms with Crippen LogP contribution in [-0.2, 0) is 9.53 Å². The number of morpholine rings is 1. The van der Waals surface area contributed by atoms with Gasteiger partial charge in [-0.3, -0.25) is 9.69 Å². The van der Waals surface area contributed by atoms with Crippen molar-refractivity contribution in [2.75, 3.05) is 26.3 Å². The summed E-state index contributed by atoms with van der Waals surface area (Å²) in [6.07, 6.45) is 4.19.